The van der Waals surface area contributed by atoms with E-state index in [1.807, 2.05) is 0 Å². The number of esters is 1. The predicted molar refractivity (Wildman–Crippen MR) is 272 cm³/mol. The molecule has 23 nitrogen and oxygen atoms in total. The largest absolute Gasteiger partial charge is 0.531 e. The maximum absolute atomic E-state index is 15.1. The normalized spacial score (nSPS) is 17.3. The number of benzene rings is 7. The van der Waals surface area contributed by atoms with Gasteiger partial charge in [0, 0.05) is 53.1 Å². The van der Waals surface area contributed by atoms with Crippen LogP contribution >= 0.6 is 15.6 Å². The van der Waals surface area contributed by atoms with Crippen molar-refractivity contribution in [3.63, 3.8) is 0 Å². The quantitative estimate of drug-likeness (QED) is 0.0296. The average Bonchev–Trinajstić information content (AvgIpc) is 3.95. The van der Waals surface area contributed by atoms with Crippen molar-refractivity contribution in [1.29, 1.82) is 0 Å². The highest BCUT2D eigenvalue weighted by Gasteiger charge is 2.54. The highest BCUT2D eigenvalue weighted by Crippen LogP contribution is 2.62. The van der Waals surface area contributed by atoms with Crippen molar-refractivity contribution in [3.05, 3.63) is 243 Å². The van der Waals surface area contributed by atoms with Crippen LogP contribution in [0.15, 0.2) is 158 Å². The Morgan fingerprint density at radius 3 is 1.09 bits per heavy atom. The lowest BCUT2D eigenvalue weighted by Gasteiger charge is -2.37. The summed E-state index contributed by atoms with van der Waals surface area (Å²) in [4.78, 5) is 59.4. The third-order valence-corrected chi connectivity index (χ3v) is 15.7. The third-order valence-electron chi connectivity index (χ3n) is 12.5. The van der Waals surface area contributed by atoms with Crippen LogP contribution in [0, 0.1) is 40.5 Å². The lowest BCUT2D eigenvalue weighted by atomic mass is 9.77. The lowest BCUT2D eigenvalue weighted by molar-refractivity contribution is -0.386. The van der Waals surface area contributed by atoms with Crippen LogP contribution in [0.25, 0.3) is 0 Å². The Balaban J connectivity index is 1.12. The van der Waals surface area contributed by atoms with Gasteiger partial charge in [-0.1, -0.05) is 66.7 Å². The molecule has 0 N–H and O–H groups in total. The molecule has 2 aliphatic rings. The van der Waals surface area contributed by atoms with Crippen LogP contribution in [0.5, 0.6) is 23.0 Å². The minimum Gasteiger partial charge on any atom is -0.456 e. The SMILES string of the molecule is CC(OP(=O)(Oc1ccc2c(c1)Oc1cc(OP(=O)(OC(C)c3ccccc3[N+](=O)[O-])OC(C)c3ccccc3[N+](=O)[O-])ccc1C21OC(=O)c2ccccc21)OC(C)c1ccccc1[N+](=O)[O-])c1ccccc1[N+](=O)[O-]. The van der Waals surface area contributed by atoms with Crippen molar-refractivity contribution in [1.82, 2.24) is 0 Å². The Labute approximate surface area is 436 Å². The summed E-state index contributed by atoms with van der Waals surface area (Å²) in [7, 11) is -10.1. The van der Waals surface area contributed by atoms with Crippen molar-refractivity contribution in [2.24, 2.45) is 0 Å². The van der Waals surface area contributed by atoms with E-state index in [1.165, 1.54) is 161 Å². The molecule has 25 heteroatoms. The average molecular weight is 1090 g/mol. The van der Waals surface area contributed by atoms with E-state index in [0.717, 1.165) is 0 Å². The zero-order valence-corrected chi connectivity index (χ0v) is 42.5. The van der Waals surface area contributed by atoms with Crippen LogP contribution in [0.2, 0.25) is 0 Å². The smallest absolute Gasteiger partial charge is 0.456 e. The zero-order valence-electron chi connectivity index (χ0n) is 40.8. The van der Waals surface area contributed by atoms with Gasteiger partial charge < -0.3 is 18.5 Å². The van der Waals surface area contributed by atoms with Gasteiger partial charge in [-0.2, -0.15) is 0 Å². The molecule has 0 aromatic heterocycles. The summed E-state index contributed by atoms with van der Waals surface area (Å²) in [6, 6.07) is 36.7. The van der Waals surface area contributed by atoms with Crippen LogP contribution in [-0.4, -0.2) is 25.7 Å². The molecule has 9 rings (SSSR count). The second kappa shape index (κ2) is 21.1. The standard InChI is InChI=1S/C52H42N4O19P2/c1-31(37-15-6-11-21-45(37)53(58)59)70-76(66,71-32(2)38-16-7-12-22-46(38)54(60)61)74-35-25-27-43-49(29-35)68-50-30-36(26-28-44(50)52(43)42-20-10-5-19-41(42)51(57)69-52)75-77(67,72-33(3)39-17-8-13-23-47(39)55(62)63)73-34(4)40-18-9-14-24-48(40)56(64)65/h5-34H,1-4H3. The fraction of sp³-hybridized carbons (Fsp3) is 0.173. The highest BCUT2D eigenvalue weighted by atomic mass is 31.2. The van der Waals surface area contributed by atoms with Gasteiger partial charge in [0.25, 0.3) is 22.7 Å². The molecule has 0 bridgehead atoms. The van der Waals surface area contributed by atoms with Gasteiger partial charge in [0.15, 0.2) is 5.60 Å². The van der Waals surface area contributed by atoms with Gasteiger partial charge in [0.05, 0.1) is 71.9 Å². The van der Waals surface area contributed by atoms with Crippen LogP contribution in [0.3, 0.4) is 0 Å². The number of fused-ring (bicyclic) bond motifs is 6. The highest BCUT2D eigenvalue weighted by molar-refractivity contribution is 7.49. The van der Waals surface area contributed by atoms with E-state index in [2.05, 4.69) is 0 Å². The first-order chi connectivity index (χ1) is 36.7. The monoisotopic (exact) mass is 1090 g/mol. The fourth-order valence-electron chi connectivity index (χ4n) is 9.14. The number of phosphoric acid groups is 2. The summed E-state index contributed by atoms with van der Waals surface area (Å²) < 4.78 is 79.0. The van der Waals surface area contributed by atoms with Crippen molar-refractivity contribution >= 4 is 44.4 Å². The Kier molecular flexibility index (Phi) is 14.6. The van der Waals surface area contributed by atoms with Crippen molar-refractivity contribution in [2.75, 3.05) is 0 Å². The second-order valence-corrected chi connectivity index (χ2v) is 20.4. The molecule has 4 unspecified atom stereocenters. The summed E-state index contributed by atoms with van der Waals surface area (Å²) in [5, 5.41) is 48.2. The molecule has 4 atom stereocenters. The Bertz CT molecular complexity index is 3290. The molecule has 7 aromatic rings. The molecule has 1 spiro atoms. The summed E-state index contributed by atoms with van der Waals surface area (Å²) >= 11 is 0. The Morgan fingerprint density at radius 1 is 0.442 bits per heavy atom. The minimum atomic E-state index is -5.04. The van der Waals surface area contributed by atoms with E-state index < -0.39 is 71.3 Å². The van der Waals surface area contributed by atoms with Gasteiger partial charge in [-0.3, -0.25) is 58.6 Å². The molecule has 0 fully saturated rings. The van der Waals surface area contributed by atoms with Crippen LogP contribution in [0.4, 0.5) is 22.7 Å². The molecule has 7 aromatic carbocycles. The van der Waals surface area contributed by atoms with Gasteiger partial charge in [0.2, 0.25) is 0 Å². The van der Waals surface area contributed by atoms with Crippen molar-refractivity contribution in [2.45, 2.75) is 57.7 Å². The molecule has 394 valence electrons. The van der Waals surface area contributed by atoms with Gasteiger partial charge in [0.1, 0.15) is 23.0 Å². The molecule has 0 aliphatic carbocycles. The summed E-state index contributed by atoms with van der Waals surface area (Å²) in [6.45, 7) is 5.47. The lowest BCUT2D eigenvalue weighted by Crippen LogP contribution is -2.33. The molecule has 2 heterocycles. The van der Waals surface area contributed by atoms with E-state index in [0.29, 0.717) is 5.56 Å². The number of para-hydroxylation sites is 4. The zero-order chi connectivity index (χ0) is 55.0. The number of ether oxygens (including phenoxy) is 2. The van der Waals surface area contributed by atoms with E-state index >= 15 is 9.13 Å². The van der Waals surface area contributed by atoms with Gasteiger partial charge in [-0.25, -0.2) is 13.9 Å². The molecule has 0 saturated heterocycles. The van der Waals surface area contributed by atoms with Crippen molar-refractivity contribution in [3.8, 4) is 23.0 Å². The topological polar surface area (TPSA) is 298 Å². The number of nitro groups is 4. The third kappa shape index (κ3) is 10.5. The van der Waals surface area contributed by atoms with E-state index in [4.69, 9.17) is 36.6 Å². The second-order valence-electron chi connectivity index (χ2n) is 17.4. The maximum Gasteiger partial charge on any atom is 0.531 e. The summed E-state index contributed by atoms with van der Waals surface area (Å²) in [6.07, 6.45) is -5.40. The van der Waals surface area contributed by atoms with Crippen LogP contribution in [-0.2, 0) is 37.6 Å². The van der Waals surface area contributed by atoms with Gasteiger partial charge >= 0.3 is 21.6 Å². The van der Waals surface area contributed by atoms with Gasteiger partial charge in [-0.15, -0.1) is 0 Å². The van der Waals surface area contributed by atoms with Gasteiger partial charge in [-0.05, 0) is 82.3 Å². The van der Waals surface area contributed by atoms with Crippen LogP contribution in [0.1, 0.15) is 101 Å². The molecular formula is C52H42N4O19P2. The first kappa shape index (κ1) is 53.1. The molecule has 0 amide bonds. The number of hydrogen-bond donors (Lipinski definition) is 0. The molecule has 0 radical (unpaired) electrons. The summed E-state index contributed by atoms with van der Waals surface area (Å²) in [5.74, 6) is -1.43. The molecule has 2 aliphatic heterocycles. The summed E-state index contributed by atoms with van der Waals surface area (Å²) in [5.41, 5.74) is -2.34. The van der Waals surface area contributed by atoms with E-state index in [-0.39, 0.29) is 84.7 Å². The van der Waals surface area contributed by atoms with Crippen molar-refractivity contribution < 1.29 is 70.2 Å². The van der Waals surface area contributed by atoms with E-state index in [9.17, 15) is 45.3 Å². The maximum atomic E-state index is 15.1. The van der Waals surface area contributed by atoms with E-state index in [1.54, 1.807) is 24.3 Å². The number of hydrogen-bond acceptors (Lipinski definition) is 19. The predicted octanol–water partition coefficient (Wildman–Crippen LogP) is 14.0. The van der Waals surface area contributed by atoms with Crippen LogP contribution < -0.4 is 13.8 Å². The number of nitro benzene ring substituents is 4. The molecule has 0 saturated carbocycles. The first-order valence-corrected chi connectivity index (χ1v) is 26.2. The number of rotatable bonds is 20. The number of phosphoric ester groups is 2. The minimum absolute atomic E-state index is 0.0117. The fourth-order valence-corrected chi connectivity index (χ4v) is 12.2. The number of carbonyl (C=O) groups is 1. The number of nitrogens with zero attached hydrogens (tertiary/aromatic N) is 4. The first-order valence-electron chi connectivity index (χ1n) is 23.3. The molecular weight excluding hydrogens is 1050 g/mol. The Morgan fingerprint density at radius 2 is 0.753 bits per heavy atom. The Hall–Kier alpha value is -8.69. The number of carbonyl (C=O) groups excluding carboxylic acids is 1. The molecule has 77 heavy (non-hydrogen) atoms.